The van der Waals surface area contributed by atoms with Crippen molar-refractivity contribution in [1.82, 2.24) is 4.90 Å². The summed E-state index contributed by atoms with van der Waals surface area (Å²) in [5, 5.41) is 9.69. The predicted octanol–water partition coefficient (Wildman–Crippen LogP) is 3.57. The molecule has 3 aromatic rings. The first kappa shape index (κ1) is 20.2. The largest absolute Gasteiger partial charge is 0.497 e. The summed E-state index contributed by atoms with van der Waals surface area (Å²) in [6.45, 7) is 2.31. The number of hydrogen-bond donors (Lipinski definition) is 0. The van der Waals surface area contributed by atoms with Gasteiger partial charge in [-0.05, 0) is 48.7 Å². The highest BCUT2D eigenvalue weighted by atomic mass is 16.5. The molecule has 0 bridgehead atoms. The average Bonchev–Trinajstić information content (AvgIpc) is 2.73. The summed E-state index contributed by atoms with van der Waals surface area (Å²) in [7, 11) is 3.28. The summed E-state index contributed by atoms with van der Waals surface area (Å²) in [6.07, 6.45) is 0.521. The molecule has 0 aliphatic rings. The van der Waals surface area contributed by atoms with Gasteiger partial charge in [0, 0.05) is 37.0 Å². The summed E-state index contributed by atoms with van der Waals surface area (Å²) in [4.78, 5) is 26.6. The number of ether oxygens (including phenoxy) is 1. The second-order valence-corrected chi connectivity index (χ2v) is 6.91. The summed E-state index contributed by atoms with van der Waals surface area (Å²) in [5.74, 6) is 0.551. The highest BCUT2D eigenvalue weighted by Gasteiger charge is 2.15. The van der Waals surface area contributed by atoms with E-state index in [0.29, 0.717) is 35.4 Å². The van der Waals surface area contributed by atoms with E-state index in [1.54, 1.807) is 37.3 Å². The smallest absolute Gasteiger partial charge is 0.339 e. The maximum absolute atomic E-state index is 12.5. The number of fused-ring (bicyclic) bond motifs is 1. The molecule has 29 heavy (non-hydrogen) atoms. The molecular formula is C23H22N2O4. The van der Waals surface area contributed by atoms with Gasteiger partial charge in [0.15, 0.2) is 0 Å². The SMILES string of the molecule is COc1ccc2c(C)c(CCC(=O)N(C)Cc3ccc(C#N)cc3)c(=O)oc2c1. The van der Waals surface area contributed by atoms with E-state index in [-0.39, 0.29) is 12.3 Å². The van der Waals surface area contributed by atoms with Crippen LogP contribution in [0.2, 0.25) is 0 Å². The number of amides is 1. The van der Waals surface area contributed by atoms with Crippen molar-refractivity contribution in [2.45, 2.75) is 26.3 Å². The molecule has 0 aliphatic heterocycles. The third-order valence-electron chi connectivity index (χ3n) is 5.01. The van der Waals surface area contributed by atoms with Gasteiger partial charge in [0.25, 0.3) is 0 Å². The predicted molar refractivity (Wildman–Crippen MR) is 110 cm³/mol. The van der Waals surface area contributed by atoms with Gasteiger partial charge in [0.05, 0.1) is 18.7 Å². The van der Waals surface area contributed by atoms with Crippen LogP contribution in [0.3, 0.4) is 0 Å². The van der Waals surface area contributed by atoms with E-state index in [2.05, 4.69) is 6.07 Å². The van der Waals surface area contributed by atoms with Crippen molar-refractivity contribution >= 4 is 16.9 Å². The average molecular weight is 390 g/mol. The van der Waals surface area contributed by atoms with Gasteiger partial charge in [-0.3, -0.25) is 4.79 Å². The van der Waals surface area contributed by atoms with Gasteiger partial charge in [-0.15, -0.1) is 0 Å². The zero-order valence-corrected chi connectivity index (χ0v) is 16.7. The summed E-state index contributed by atoms with van der Waals surface area (Å²) < 4.78 is 10.6. The van der Waals surface area contributed by atoms with Gasteiger partial charge in [0.2, 0.25) is 5.91 Å². The highest BCUT2D eigenvalue weighted by Crippen LogP contribution is 2.24. The molecule has 148 valence electrons. The van der Waals surface area contributed by atoms with Crippen molar-refractivity contribution in [1.29, 1.82) is 5.26 Å². The van der Waals surface area contributed by atoms with Gasteiger partial charge >= 0.3 is 5.63 Å². The molecule has 0 saturated heterocycles. The Morgan fingerprint density at radius 3 is 2.59 bits per heavy atom. The quantitative estimate of drug-likeness (QED) is 0.601. The fourth-order valence-electron chi connectivity index (χ4n) is 3.26. The standard InChI is InChI=1S/C23H22N2O4/c1-15-19-9-8-18(28-3)12-21(19)29-23(27)20(15)10-11-22(26)25(2)14-17-6-4-16(13-24)5-7-17/h4-9,12H,10-11,14H2,1-3H3. The Morgan fingerprint density at radius 2 is 1.93 bits per heavy atom. The number of aryl methyl sites for hydroxylation is 1. The van der Waals surface area contributed by atoms with E-state index in [9.17, 15) is 9.59 Å². The van der Waals surface area contributed by atoms with Gasteiger partial charge < -0.3 is 14.1 Å². The van der Waals surface area contributed by atoms with Gasteiger partial charge in [-0.1, -0.05) is 12.1 Å². The van der Waals surface area contributed by atoms with Crippen molar-refractivity contribution in [3.8, 4) is 11.8 Å². The molecule has 2 aromatic carbocycles. The minimum Gasteiger partial charge on any atom is -0.497 e. The van der Waals surface area contributed by atoms with Gasteiger partial charge in [0.1, 0.15) is 11.3 Å². The first-order valence-electron chi connectivity index (χ1n) is 9.26. The molecule has 0 fully saturated rings. The normalized spacial score (nSPS) is 10.6. The Bertz CT molecular complexity index is 1140. The molecule has 1 aromatic heterocycles. The third-order valence-corrected chi connectivity index (χ3v) is 5.01. The Morgan fingerprint density at radius 1 is 1.21 bits per heavy atom. The summed E-state index contributed by atoms with van der Waals surface area (Å²) in [5.41, 5.74) is 2.91. The fraction of sp³-hybridized carbons (Fsp3) is 0.261. The topological polar surface area (TPSA) is 83.5 Å². The lowest BCUT2D eigenvalue weighted by Gasteiger charge is -2.17. The zero-order valence-electron chi connectivity index (χ0n) is 16.7. The molecule has 6 heteroatoms. The van der Waals surface area contributed by atoms with Crippen molar-refractivity contribution < 1.29 is 13.9 Å². The van der Waals surface area contributed by atoms with Crippen LogP contribution in [-0.2, 0) is 17.8 Å². The van der Waals surface area contributed by atoms with Crippen molar-refractivity contribution in [2.24, 2.45) is 0 Å². The molecule has 0 atom stereocenters. The number of nitriles is 1. The second-order valence-electron chi connectivity index (χ2n) is 6.91. The molecule has 3 rings (SSSR count). The van der Waals surface area contributed by atoms with Crippen LogP contribution < -0.4 is 10.4 Å². The summed E-state index contributed by atoms with van der Waals surface area (Å²) >= 11 is 0. The first-order valence-corrected chi connectivity index (χ1v) is 9.26. The summed E-state index contributed by atoms with van der Waals surface area (Å²) in [6, 6.07) is 14.5. The lowest BCUT2D eigenvalue weighted by atomic mass is 10.0. The number of benzene rings is 2. The maximum atomic E-state index is 12.5. The Labute approximate surface area is 168 Å². The number of carbonyl (C=O) groups excluding carboxylic acids is 1. The van der Waals surface area contributed by atoms with Crippen LogP contribution >= 0.6 is 0 Å². The van der Waals surface area contributed by atoms with Crippen molar-refractivity contribution in [2.75, 3.05) is 14.2 Å². The van der Waals surface area contributed by atoms with Crippen molar-refractivity contribution in [3.63, 3.8) is 0 Å². The minimum absolute atomic E-state index is 0.0667. The Kier molecular flexibility index (Phi) is 5.99. The van der Waals surface area contributed by atoms with Gasteiger partial charge in [-0.25, -0.2) is 4.79 Å². The lowest BCUT2D eigenvalue weighted by molar-refractivity contribution is -0.130. The third kappa shape index (κ3) is 4.46. The van der Waals surface area contributed by atoms with Crippen LogP contribution in [0.25, 0.3) is 11.0 Å². The molecule has 0 saturated carbocycles. The number of hydrogen-bond acceptors (Lipinski definition) is 5. The van der Waals surface area contributed by atoms with Crippen LogP contribution in [-0.4, -0.2) is 25.0 Å². The first-order chi connectivity index (χ1) is 13.9. The molecular weight excluding hydrogens is 368 g/mol. The molecule has 0 spiro atoms. The molecule has 1 heterocycles. The van der Waals surface area contributed by atoms with E-state index in [1.807, 2.05) is 31.2 Å². The number of methoxy groups -OCH3 is 1. The van der Waals surface area contributed by atoms with Crippen LogP contribution in [0.4, 0.5) is 0 Å². The molecule has 0 N–H and O–H groups in total. The molecule has 6 nitrogen and oxygen atoms in total. The van der Waals surface area contributed by atoms with Crippen LogP contribution in [0.1, 0.15) is 28.7 Å². The van der Waals surface area contributed by atoms with E-state index in [0.717, 1.165) is 16.5 Å². The zero-order chi connectivity index (χ0) is 21.0. The minimum atomic E-state index is -0.425. The van der Waals surface area contributed by atoms with E-state index in [4.69, 9.17) is 14.4 Å². The number of nitrogens with zero attached hydrogens (tertiary/aromatic N) is 2. The monoisotopic (exact) mass is 390 g/mol. The van der Waals surface area contributed by atoms with E-state index >= 15 is 0 Å². The maximum Gasteiger partial charge on any atom is 0.339 e. The van der Waals surface area contributed by atoms with Crippen LogP contribution in [0, 0.1) is 18.3 Å². The van der Waals surface area contributed by atoms with Gasteiger partial charge in [-0.2, -0.15) is 5.26 Å². The number of carbonyl (C=O) groups is 1. The number of rotatable bonds is 6. The highest BCUT2D eigenvalue weighted by molar-refractivity contribution is 5.82. The molecule has 1 amide bonds. The molecule has 0 unspecified atom stereocenters. The van der Waals surface area contributed by atoms with Crippen molar-refractivity contribution in [3.05, 3.63) is 75.1 Å². The van der Waals surface area contributed by atoms with E-state index in [1.165, 1.54) is 0 Å². The fourth-order valence-corrected chi connectivity index (χ4v) is 3.26. The Balaban J connectivity index is 1.71. The Hall–Kier alpha value is -3.59. The molecule has 0 radical (unpaired) electrons. The van der Waals surface area contributed by atoms with Crippen LogP contribution in [0.15, 0.2) is 51.7 Å². The second kappa shape index (κ2) is 8.61. The lowest BCUT2D eigenvalue weighted by Crippen LogP contribution is -2.27. The van der Waals surface area contributed by atoms with E-state index < -0.39 is 5.63 Å². The molecule has 0 aliphatic carbocycles. The van der Waals surface area contributed by atoms with Crippen LogP contribution in [0.5, 0.6) is 5.75 Å².